The van der Waals surface area contributed by atoms with E-state index in [1.54, 1.807) is 18.3 Å². The minimum atomic E-state index is -0.814. The molecule has 0 aliphatic rings. The van der Waals surface area contributed by atoms with Gasteiger partial charge in [0.1, 0.15) is 0 Å². The van der Waals surface area contributed by atoms with Crippen molar-refractivity contribution in [3.05, 3.63) is 23.2 Å². The lowest BCUT2D eigenvalue weighted by Gasteiger charge is -1.81. The minimum absolute atomic E-state index is 0.0674. The van der Waals surface area contributed by atoms with Crippen molar-refractivity contribution >= 4 is 23.6 Å². The molecular formula is C7H7NO2S. The normalized spacial score (nSPS) is 10.5. The molecule has 1 aromatic heterocycles. The molecule has 0 amide bonds. The largest absolute Gasteiger partial charge is 0.481 e. The van der Waals surface area contributed by atoms with Gasteiger partial charge in [0.15, 0.2) is 0 Å². The third-order valence-corrected chi connectivity index (χ3v) is 1.74. The zero-order valence-electron chi connectivity index (χ0n) is 5.73. The monoisotopic (exact) mass is 169 g/mol. The number of carboxylic acids is 1. The number of rotatable bonds is 3. The Bertz CT molecular complexity index is 253. The van der Waals surface area contributed by atoms with Crippen molar-refractivity contribution in [1.82, 2.24) is 4.37 Å². The van der Waals surface area contributed by atoms with Crippen molar-refractivity contribution in [3.8, 4) is 0 Å². The fraction of sp³-hybridized carbons (Fsp3) is 0.143. The van der Waals surface area contributed by atoms with Gasteiger partial charge in [0.05, 0.1) is 6.42 Å². The van der Waals surface area contributed by atoms with Crippen LogP contribution in [0.1, 0.15) is 11.3 Å². The lowest BCUT2D eigenvalue weighted by atomic mass is 10.3. The van der Waals surface area contributed by atoms with Gasteiger partial charge in [-0.25, -0.2) is 4.37 Å². The summed E-state index contributed by atoms with van der Waals surface area (Å²) in [6.07, 6.45) is 5.12. The highest BCUT2D eigenvalue weighted by Crippen LogP contribution is 2.06. The highest BCUT2D eigenvalue weighted by molar-refractivity contribution is 7.06. The van der Waals surface area contributed by atoms with Crippen molar-refractivity contribution in [2.75, 3.05) is 0 Å². The van der Waals surface area contributed by atoms with Crippen molar-refractivity contribution < 1.29 is 9.90 Å². The molecule has 0 aliphatic carbocycles. The predicted octanol–water partition coefficient (Wildman–Crippen LogP) is 1.63. The summed E-state index contributed by atoms with van der Waals surface area (Å²) in [6.45, 7) is 0. The van der Waals surface area contributed by atoms with Crippen molar-refractivity contribution in [2.45, 2.75) is 6.42 Å². The molecule has 58 valence electrons. The second-order valence-corrected chi connectivity index (χ2v) is 2.78. The fourth-order valence-corrected chi connectivity index (χ4v) is 1.11. The van der Waals surface area contributed by atoms with Crippen LogP contribution in [0.5, 0.6) is 0 Å². The predicted molar refractivity (Wildman–Crippen MR) is 43.4 cm³/mol. The average Bonchev–Trinajstić information content (AvgIpc) is 2.39. The maximum absolute atomic E-state index is 10.1. The summed E-state index contributed by atoms with van der Waals surface area (Å²) in [5.74, 6) is -0.814. The third-order valence-electron chi connectivity index (χ3n) is 1.03. The van der Waals surface area contributed by atoms with E-state index < -0.39 is 5.97 Å². The van der Waals surface area contributed by atoms with Crippen LogP contribution in [-0.2, 0) is 4.79 Å². The van der Waals surface area contributed by atoms with E-state index in [0.717, 1.165) is 4.88 Å². The third kappa shape index (κ3) is 2.95. The Morgan fingerprint density at radius 2 is 2.64 bits per heavy atom. The molecule has 4 heteroatoms. The van der Waals surface area contributed by atoms with Gasteiger partial charge in [-0.05, 0) is 23.7 Å². The van der Waals surface area contributed by atoms with E-state index in [2.05, 4.69) is 4.37 Å². The van der Waals surface area contributed by atoms with Crippen LogP contribution in [0.25, 0.3) is 6.08 Å². The van der Waals surface area contributed by atoms with Gasteiger partial charge in [-0.1, -0.05) is 6.08 Å². The fourth-order valence-electron chi connectivity index (χ4n) is 0.587. The van der Waals surface area contributed by atoms with Crippen LogP contribution < -0.4 is 0 Å². The summed E-state index contributed by atoms with van der Waals surface area (Å²) in [7, 11) is 0. The molecule has 0 aromatic carbocycles. The Morgan fingerprint density at radius 1 is 1.82 bits per heavy atom. The molecule has 0 fully saturated rings. The first-order valence-electron chi connectivity index (χ1n) is 3.08. The summed E-state index contributed by atoms with van der Waals surface area (Å²) in [6, 6.07) is 1.84. The number of hydrogen-bond donors (Lipinski definition) is 1. The lowest BCUT2D eigenvalue weighted by Crippen LogP contribution is -1.89. The summed E-state index contributed by atoms with van der Waals surface area (Å²) >= 11 is 1.34. The van der Waals surface area contributed by atoms with Crippen LogP contribution >= 0.6 is 11.5 Å². The maximum atomic E-state index is 10.1. The number of aromatic nitrogens is 1. The second-order valence-electron chi connectivity index (χ2n) is 1.92. The number of carboxylic acid groups (broad SMARTS) is 1. The number of nitrogens with zero attached hydrogens (tertiary/aromatic N) is 1. The molecule has 0 atom stereocenters. The van der Waals surface area contributed by atoms with Gasteiger partial charge in [0.2, 0.25) is 0 Å². The molecule has 1 heterocycles. The SMILES string of the molecule is O=C(O)C/C=C/c1ccns1. The van der Waals surface area contributed by atoms with Gasteiger partial charge in [0, 0.05) is 11.1 Å². The Morgan fingerprint density at radius 3 is 3.18 bits per heavy atom. The Hall–Kier alpha value is -1.16. The molecule has 0 spiro atoms. The lowest BCUT2D eigenvalue weighted by molar-refractivity contribution is -0.135. The van der Waals surface area contributed by atoms with Gasteiger partial charge in [0.25, 0.3) is 0 Å². The van der Waals surface area contributed by atoms with E-state index in [9.17, 15) is 4.79 Å². The molecular weight excluding hydrogens is 162 g/mol. The first kappa shape index (κ1) is 7.94. The maximum Gasteiger partial charge on any atom is 0.307 e. The molecule has 1 aromatic rings. The zero-order valence-corrected chi connectivity index (χ0v) is 6.54. The quantitative estimate of drug-likeness (QED) is 0.748. The molecule has 0 saturated heterocycles. The molecule has 0 unspecified atom stereocenters. The second kappa shape index (κ2) is 3.88. The highest BCUT2D eigenvalue weighted by atomic mass is 32.1. The standard InChI is InChI=1S/C7H7NO2S/c9-7(10)3-1-2-6-4-5-8-11-6/h1-2,4-5H,3H2,(H,9,10)/b2-1+. The topological polar surface area (TPSA) is 50.2 Å². The number of carbonyl (C=O) groups is 1. The van der Waals surface area contributed by atoms with Gasteiger partial charge in [-0.2, -0.15) is 0 Å². The minimum Gasteiger partial charge on any atom is -0.481 e. The summed E-state index contributed by atoms with van der Waals surface area (Å²) in [5.41, 5.74) is 0. The van der Waals surface area contributed by atoms with Crippen molar-refractivity contribution in [1.29, 1.82) is 0 Å². The molecule has 1 N–H and O–H groups in total. The smallest absolute Gasteiger partial charge is 0.307 e. The molecule has 1 rings (SSSR count). The Kier molecular flexibility index (Phi) is 2.80. The van der Waals surface area contributed by atoms with E-state index in [1.165, 1.54) is 11.5 Å². The first-order chi connectivity index (χ1) is 5.29. The number of hydrogen-bond acceptors (Lipinski definition) is 3. The molecule has 0 saturated carbocycles. The van der Waals surface area contributed by atoms with Gasteiger partial charge >= 0.3 is 5.97 Å². The van der Waals surface area contributed by atoms with E-state index in [4.69, 9.17) is 5.11 Å². The molecule has 11 heavy (non-hydrogen) atoms. The number of aliphatic carboxylic acids is 1. The molecule has 0 radical (unpaired) electrons. The summed E-state index contributed by atoms with van der Waals surface area (Å²) in [5, 5.41) is 8.28. The van der Waals surface area contributed by atoms with Crippen LogP contribution in [0.15, 0.2) is 18.3 Å². The van der Waals surface area contributed by atoms with E-state index in [0.29, 0.717) is 0 Å². The van der Waals surface area contributed by atoms with Crippen LogP contribution in [0.2, 0.25) is 0 Å². The Balaban J connectivity index is 2.43. The van der Waals surface area contributed by atoms with Crippen molar-refractivity contribution in [3.63, 3.8) is 0 Å². The van der Waals surface area contributed by atoms with E-state index in [1.807, 2.05) is 6.07 Å². The summed E-state index contributed by atoms with van der Waals surface area (Å²) in [4.78, 5) is 11.0. The Labute approximate surface area is 68.2 Å². The van der Waals surface area contributed by atoms with Crippen LogP contribution in [-0.4, -0.2) is 15.4 Å². The zero-order chi connectivity index (χ0) is 8.10. The van der Waals surface area contributed by atoms with Crippen LogP contribution in [0.3, 0.4) is 0 Å². The van der Waals surface area contributed by atoms with Gasteiger partial charge in [-0.15, -0.1) is 0 Å². The van der Waals surface area contributed by atoms with Crippen LogP contribution in [0, 0.1) is 0 Å². The van der Waals surface area contributed by atoms with Gasteiger partial charge in [-0.3, -0.25) is 4.79 Å². The van der Waals surface area contributed by atoms with Crippen LogP contribution in [0.4, 0.5) is 0 Å². The summed E-state index contributed by atoms with van der Waals surface area (Å²) < 4.78 is 3.86. The average molecular weight is 169 g/mol. The van der Waals surface area contributed by atoms with Gasteiger partial charge < -0.3 is 5.11 Å². The van der Waals surface area contributed by atoms with E-state index in [-0.39, 0.29) is 6.42 Å². The highest BCUT2D eigenvalue weighted by Gasteiger charge is 1.90. The molecule has 0 aliphatic heterocycles. The van der Waals surface area contributed by atoms with Crippen molar-refractivity contribution in [2.24, 2.45) is 0 Å². The molecule has 0 bridgehead atoms. The molecule has 3 nitrogen and oxygen atoms in total. The van der Waals surface area contributed by atoms with E-state index >= 15 is 0 Å². The first-order valence-corrected chi connectivity index (χ1v) is 3.85.